The monoisotopic (exact) mass is 336 g/mol. The van der Waals surface area contributed by atoms with Crippen LogP contribution in [0.3, 0.4) is 0 Å². The molecule has 4 rings (SSSR count). The van der Waals surface area contributed by atoms with Crippen LogP contribution in [0.1, 0.15) is 11.4 Å². The van der Waals surface area contributed by atoms with Gasteiger partial charge in [0.25, 0.3) is 0 Å². The minimum Gasteiger partial charge on any atom is -0.454 e. The Bertz CT molecular complexity index is 998. The second-order valence-corrected chi connectivity index (χ2v) is 5.64. The van der Waals surface area contributed by atoms with Crippen molar-refractivity contribution in [1.82, 2.24) is 9.97 Å². The maximum absolute atomic E-state index is 5.86. The highest BCUT2D eigenvalue weighted by molar-refractivity contribution is 5.92. The van der Waals surface area contributed by atoms with Gasteiger partial charge in [-0.1, -0.05) is 6.07 Å². The van der Waals surface area contributed by atoms with Gasteiger partial charge in [-0.15, -0.1) is 0 Å². The molecule has 8 heteroatoms. The van der Waals surface area contributed by atoms with Crippen LogP contribution in [0.4, 0.5) is 11.5 Å². The van der Waals surface area contributed by atoms with Gasteiger partial charge < -0.3 is 26.7 Å². The fourth-order valence-electron chi connectivity index (χ4n) is 2.70. The summed E-state index contributed by atoms with van der Waals surface area (Å²) in [5.74, 6) is 2.38. The number of aliphatic imine (C=N–C) groups is 1. The summed E-state index contributed by atoms with van der Waals surface area (Å²) < 4.78 is 10.7. The summed E-state index contributed by atoms with van der Waals surface area (Å²) >= 11 is 0. The maximum Gasteiger partial charge on any atom is 0.231 e. The van der Waals surface area contributed by atoms with Crippen LogP contribution < -0.4 is 26.7 Å². The first-order valence-electron chi connectivity index (χ1n) is 7.63. The van der Waals surface area contributed by atoms with Crippen LogP contribution >= 0.6 is 0 Å². The lowest BCUT2D eigenvalue weighted by molar-refractivity contribution is 0.174. The summed E-state index contributed by atoms with van der Waals surface area (Å²) in [5.41, 5.74) is 19.2. The van der Waals surface area contributed by atoms with Gasteiger partial charge in [0.15, 0.2) is 23.3 Å². The number of hydrogen-bond donors (Lipinski definition) is 3. The Hall–Kier alpha value is -3.55. The standard InChI is InChI=1S/C17H16N6O2/c18-10-2-3-11-12(7-10)21-15(22-16(11)23-17(19)20)6-9-1-4-13-14(5-9)25-8-24-13/h1-5,7H,6,8,18H2,(H4,19,20,21,22,23). The van der Waals surface area contributed by atoms with Crippen LogP contribution in [0.25, 0.3) is 10.9 Å². The van der Waals surface area contributed by atoms with E-state index in [0.717, 1.165) is 16.7 Å². The van der Waals surface area contributed by atoms with E-state index < -0.39 is 0 Å². The van der Waals surface area contributed by atoms with Crippen molar-refractivity contribution in [3.63, 3.8) is 0 Å². The number of nitrogen functional groups attached to an aromatic ring is 1. The molecule has 25 heavy (non-hydrogen) atoms. The molecule has 3 aromatic rings. The third kappa shape index (κ3) is 2.97. The van der Waals surface area contributed by atoms with Crippen molar-refractivity contribution in [2.24, 2.45) is 16.5 Å². The SMILES string of the molecule is NC(N)=Nc1nc(Cc2ccc3c(c2)OCO3)nc2cc(N)ccc12. The Kier molecular flexibility index (Phi) is 3.50. The fourth-order valence-corrected chi connectivity index (χ4v) is 2.70. The Balaban J connectivity index is 1.77. The zero-order valence-corrected chi connectivity index (χ0v) is 13.3. The van der Waals surface area contributed by atoms with Gasteiger partial charge >= 0.3 is 0 Å². The van der Waals surface area contributed by atoms with Gasteiger partial charge in [0.2, 0.25) is 6.79 Å². The molecule has 2 heterocycles. The Morgan fingerprint density at radius 1 is 1.04 bits per heavy atom. The van der Waals surface area contributed by atoms with Crippen molar-refractivity contribution in [1.29, 1.82) is 0 Å². The molecule has 2 aromatic carbocycles. The van der Waals surface area contributed by atoms with Crippen LogP contribution in [-0.2, 0) is 6.42 Å². The second kappa shape index (κ2) is 5.82. The number of hydrogen-bond acceptors (Lipinski definition) is 6. The number of benzene rings is 2. The number of aromatic nitrogens is 2. The molecule has 0 unspecified atom stereocenters. The first kappa shape index (κ1) is 15.0. The molecule has 0 atom stereocenters. The average molecular weight is 336 g/mol. The summed E-state index contributed by atoms with van der Waals surface area (Å²) in [5, 5.41) is 0.733. The number of fused-ring (bicyclic) bond motifs is 2. The fraction of sp³-hybridized carbons (Fsp3) is 0.118. The molecule has 126 valence electrons. The van der Waals surface area contributed by atoms with E-state index in [0.29, 0.717) is 35.0 Å². The highest BCUT2D eigenvalue weighted by Gasteiger charge is 2.15. The van der Waals surface area contributed by atoms with Crippen LogP contribution in [0.2, 0.25) is 0 Å². The number of anilines is 1. The molecule has 0 amide bonds. The van der Waals surface area contributed by atoms with Crippen molar-refractivity contribution in [3.8, 4) is 11.5 Å². The molecule has 0 spiro atoms. The van der Waals surface area contributed by atoms with Crippen molar-refractivity contribution in [2.45, 2.75) is 6.42 Å². The van der Waals surface area contributed by atoms with Gasteiger partial charge in [0, 0.05) is 17.5 Å². The molecule has 0 fully saturated rings. The van der Waals surface area contributed by atoms with Crippen molar-refractivity contribution < 1.29 is 9.47 Å². The molecule has 1 aliphatic heterocycles. The first-order valence-corrected chi connectivity index (χ1v) is 7.63. The highest BCUT2D eigenvalue weighted by Crippen LogP contribution is 2.33. The Labute approximate surface area is 143 Å². The molecule has 0 radical (unpaired) electrons. The predicted octanol–water partition coefficient (Wildman–Crippen LogP) is 1.44. The number of rotatable bonds is 3. The van der Waals surface area contributed by atoms with E-state index in [2.05, 4.69) is 15.0 Å². The van der Waals surface area contributed by atoms with E-state index in [1.165, 1.54) is 0 Å². The molecular weight excluding hydrogens is 320 g/mol. The summed E-state index contributed by atoms with van der Waals surface area (Å²) in [7, 11) is 0. The van der Waals surface area contributed by atoms with E-state index in [4.69, 9.17) is 26.7 Å². The van der Waals surface area contributed by atoms with Crippen LogP contribution in [0, 0.1) is 0 Å². The minimum absolute atomic E-state index is 0.0640. The largest absolute Gasteiger partial charge is 0.454 e. The molecule has 1 aromatic heterocycles. The second-order valence-electron chi connectivity index (χ2n) is 5.64. The highest BCUT2D eigenvalue weighted by atomic mass is 16.7. The molecule has 8 nitrogen and oxygen atoms in total. The van der Waals surface area contributed by atoms with Gasteiger partial charge in [-0.25, -0.2) is 9.97 Å². The number of ether oxygens (including phenoxy) is 2. The zero-order chi connectivity index (χ0) is 17.4. The summed E-state index contributed by atoms with van der Waals surface area (Å²) in [6, 6.07) is 11.1. The van der Waals surface area contributed by atoms with Crippen LogP contribution in [0.5, 0.6) is 11.5 Å². The number of nitrogens with zero attached hydrogens (tertiary/aromatic N) is 3. The molecule has 1 aliphatic rings. The van der Waals surface area contributed by atoms with E-state index in [-0.39, 0.29) is 12.8 Å². The molecule has 6 N–H and O–H groups in total. The molecule has 0 saturated heterocycles. The number of nitrogens with two attached hydrogens (primary N) is 3. The van der Waals surface area contributed by atoms with Gasteiger partial charge in [-0.2, -0.15) is 4.99 Å². The van der Waals surface area contributed by atoms with E-state index in [9.17, 15) is 0 Å². The lowest BCUT2D eigenvalue weighted by atomic mass is 10.1. The van der Waals surface area contributed by atoms with E-state index >= 15 is 0 Å². The lowest BCUT2D eigenvalue weighted by Crippen LogP contribution is -2.22. The average Bonchev–Trinajstić information content (AvgIpc) is 3.01. The van der Waals surface area contributed by atoms with Gasteiger partial charge in [0.1, 0.15) is 5.82 Å². The summed E-state index contributed by atoms with van der Waals surface area (Å²) in [6.07, 6.45) is 0.494. The maximum atomic E-state index is 5.86. The van der Waals surface area contributed by atoms with Crippen LogP contribution in [-0.4, -0.2) is 22.7 Å². The first-order chi connectivity index (χ1) is 12.1. The topological polar surface area (TPSA) is 135 Å². The van der Waals surface area contributed by atoms with Crippen molar-refractivity contribution >= 4 is 28.4 Å². The van der Waals surface area contributed by atoms with Gasteiger partial charge in [-0.3, -0.25) is 0 Å². The van der Waals surface area contributed by atoms with Crippen molar-refractivity contribution in [2.75, 3.05) is 12.5 Å². The van der Waals surface area contributed by atoms with Crippen molar-refractivity contribution in [3.05, 3.63) is 47.8 Å². The summed E-state index contributed by atoms with van der Waals surface area (Å²) in [4.78, 5) is 13.2. The van der Waals surface area contributed by atoms with E-state index in [1.807, 2.05) is 18.2 Å². The predicted molar refractivity (Wildman–Crippen MR) is 94.8 cm³/mol. The smallest absolute Gasteiger partial charge is 0.231 e. The van der Waals surface area contributed by atoms with E-state index in [1.54, 1.807) is 18.2 Å². The van der Waals surface area contributed by atoms with Gasteiger partial charge in [0.05, 0.1) is 5.52 Å². The number of guanidine groups is 1. The molecule has 0 bridgehead atoms. The third-order valence-corrected chi connectivity index (χ3v) is 3.78. The normalized spacial score (nSPS) is 12.3. The summed E-state index contributed by atoms with van der Waals surface area (Å²) in [6.45, 7) is 0.235. The molecular formula is C17H16N6O2. The lowest BCUT2D eigenvalue weighted by Gasteiger charge is -2.07. The van der Waals surface area contributed by atoms with Crippen LogP contribution in [0.15, 0.2) is 41.4 Å². The Morgan fingerprint density at radius 3 is 2.72 bits per heavy atom. The van der Waals surface area contributed by atoms with Gasteiger partial charge in [-0.05, 0) is 35.9 Å². The zero-order valence-electron chi connectivity index (χ0n) is 13.3. The Morgan fingerprint density at radius 2 is 1.88 bits per heavy atom. The minimum atomic E-state index is -0.0640. The molecule has 0 saturated carbocycles. The third-order valence-electron chi connectivity index (χ3n) is 3.78. The molecule has 0 aliphatic carbocycles. The quantitative estimate of drug-likeness (QED) is 0.374.